The number of hydrogen-bond acceptors (Lipinski definition) is 1. The van der Waals surface area contributed by atoms with E-state index in [4.69, 9.17) is 0 Å². The summed E-state index contributed by atoms with van der Waals surface area (Å²) in [7, 11) is 0. The molecular formula is C15H23N3. The van der Waals surface area contributed by atoms with E-state index in [2.05, 4.69) is 61.2 Å². The number of aryl methyl sites for hydroxylation is 2. The molecule has 98 valence electrons. The van der Waals surface area contributed by atoms with E-state index in [1.165, 1.54) is 16.7 Å². The van der Waals surface area contributed by atoms with Crippen LogP contribution in [0.5, 0.6) is 0 Å². The van der Waals surface area contributed by atoms with Crippen LogP contribution in [0.2, 0.25) is 0 Å². The minimum absolute atomic E-state index is 0.693. The van der Waals surface area contributed by atoms with Crippen LogP contribution >= 0.6 is 0 Å². The molecule has 0 saturated carbocycles. The molecule has 0 aliphatic heterocycles. The molecule has 0 saturated heterocycles. The molecule has 18 heavy (non-hydrogen) atoms. The highest BCUT2D eigenvalue weighted by Crippen LogP contribution is 2.11. The average molecular weight is 245 g/mol. The van der Waals surface area contributed by atoms with Gasteiger partial charge in [0.2, 0.25) is 0 Å². The van der Waals surface area contributed by atoms with E-state index in [-0.39, 0.29) is 0 Å². The molecule has 0 amide bonds. The van der Waals surface area contributed by atoms with E-state index in [0.29, 0.717) is 6.54 Å². The lowest BCUT2D eigenvalue weighted by Gasteiger charge is -2.10. The Bertz CT molecular complexity index is 422. The second-order valence-electron chi connectivity index (χ2n) is 4.29. The van der Waals surface area contributed by atoms with E-state index in [1.54, 1.807) is 0 Å². The van der Waals surface area contributed by atoms with Crippen molar-refractivity contribution in [1.29, 1.82) is 0 Å². The molecule has 0 heterocycles. The van der Waals surface area contributed by atoms with Crippen LogP contribution < -0.4 is 10.6 Å². The van der Waals surface area contributed by atoms with Gasteiger partial charge in [0, 0.05) is 13.1 Å². The summed E-state index contributed by atoms with van der Waals surface area (Å²) in [5.74, 6) is 0.831. The van der Waals surface area contributed by atoms with Crippen molar-refractivity contribution >= 4 is 5.96 Å². The van der Waals surface area contributed by atoms with Crippen molar-refractivity contribution in [3.05, 3.63) is 47.5 Å². The Balaban J connectivity index is 2.71. The first-order chi connectivity index (χ1) is 8.67. The van der Waals surface area contributed by atoms with Gasteiger partial charge in [-0.05, 0) is 31.9 Å². The van der Waals surface area contributed by atoms with E-state index in [0.717, 1.165) is 19.0 Å². The first kappa shape index (κ1) is 14.3. The summed E-state index contributed by atoms with van der Waals surface area (Å²) in [6, 6.07) is 6.46. The molecule has 0 aliphatic rings. The zero-order valence-corrected chi connectivity index (χ0v) is 11.6. The van der Waals surface area contributed by atoms with Crippen molar-refractivity contribution in [1.82, 2.24) is 10.6 Å². The lowest BCUT2D eigenvalue weighted by molar-refractivity contribution is 0.859. The third-order valence-corrected chi connectivity index (χ3v) is 2.66. The summed E-state index contributed by atoms with van der Waals surface area (Å²) >= 11 is 0. The number of aliphatic imine (C=N–C) groups is 1. The maximum absolute atomic E-state index is 4.56. The van der Waals surface area contributed by atoms with E-state index < -0.39 is 0 Å². The van der Waals surface area contributed by atoms with Crippen molar-refractivity contribution in [3.63, 3.8) is 0 Å². The Morgan fingerprint density at radius 2 is 2.11 bits per heavy atom. The number of benzene rings is 1. The highest BCUT2D eigenvalue weighted by molar-refractivity contribution is 5.79. The second-order valence-corrected chi connectivity index (χ2v) is 4.29. The Morgan fingerprint density at radius 3 is 2.72 bits per heavy atom. The molecule has 3 heteroatoms. The number of guanidine groups is 1. The third-order valence-electron chi connectivity index (χ3n) is 2.66. The molecule has 2 N–H and O–H groups in total. The SMILES string of the molecule is C=CCNC(=NCc1ccc(C)cc1C)NCC. The van der Waals surface area contributed by atoms with Gasteiger partial charge in [0.05, 0.1) is 6.54 Å². The van der Waals surface area contributed by atoms with Crippen LogP contribution in [0.4, 0.5) is 0 Å². The van der Waals surface area contributed by atoms with E-state index in [9.17, 15) is 0 Å². The Morgan fingerprint density at radius 1 is 1.33 bits per heavy atom. The Hall–Kier alpha value is -1.77. The van der Waals surface area contributed by atoms with Crippen LogP contribution in [0.25, 0.3) is 0 Å². The summed E-state index contributed by atoms with van der Waals surface area (Å²) < 4.78 is 0. The summed E-state index contributed by atoms with van der Waals surface area (Å²) in [6.45, 7) is 12.3. The Kier molecular flexibility index (Phi) is 5.98. The number of nitrogens with zero attached hydrogens (tertiary/aromatic N) is 1. The summed E-state index contributed by atoms with van der Waals surface area (Å²) in [6.07, 6.45) is 1.82. The van der Waals surface area contributed by atoms with Crippen molar-refractivity contribution in [3.8, 4) is 0 Å². The van der Waals surface area contributed by atoms with Gasteiger partial charge in [-0.15, -0.1) is 6.58 Å². The van der Waals surface area contributed by atoms with Gasteiger partial charge in [-0.2, -0.15) is 0 Å². The zero-order valence-electron chi connectivity index (χ0n) is 11.6. The number of rotatable bonds is 5. The van der Waals surface area contributed by atoms with Gasteiger partial charge in [0.1, 0.15) is 0 Å². The molecule has 1 aromatic carbocycles. The quantitative estimate of drug-likeness (QED) is 0.475. The zero-order chi connectivity index (χ0) is 13.4. The molecule has 0 aliphatic carbocycles. The van der Waals surface area contributed by atoms with Gasteiger partial charge in [-0.3, -0.25) is 0 Å². The lowest BCUT2D eigenvalue weighted by Crippen LogP contribution is -2.37. The van der Waals surface area contributed by atoms with Crippen LogP contribution in [-0.2, 0) is 6.54 Å². The predicted molar refractivity (Wildman–Crippen MR) is 78.9 cm³/mol. The third kappa shape index (κ3) is 4.62. The van der Waals surface area contributed by atoms with Gasteiger partial charge in [0.25, 0.3) is 0 Å². The van der Waals surface area contributed by atoms with Crippen molar-refractivity contribution in [2.24, 2.45) is 4.99 Å². The van der Waals surface area contributed by atoms with Crippen LogP contribution in [0.3, 0.4) is 0 Å². The normalized spacial score (nSPS) is 11.2. The van der Waals surface area contributed by atoms with Gasteiger partial charge < -0.3 is 10.6 Å². The standard InChI is InChI=1S/C15H23N3/c1-5-9-17-15(16-6-2)18-11-14-8-7-12(3)10-13(14)4/h5,7-8,10H,1,6,9,11H2,2-4H3,(H2,16,17,18). The minimum atomic E-state index is 0.693. The molecule has 0 fully saturated rings. The highest BCUT2D eigenvalue weighted by atomic mass is 15.2. The fourth-order valence-electron chi connectivity index (χ4n) is 1.70. The topological polar surface area (TPSA) is 36.4 Å². The molecule has 1 rings (SSSR count). The number of nitrogens with one attached hydrogen (secondary N) is 2. The number of hydrogen-bond donors (Lipinski definition) is 2. The largest absolute Gasteiger partial charge is 0.357 e. The predicted octanol–water partition coefficient (Wildman–Crippen LogP) is 2.54. The van der Waals surface area contributed by atoms with Crippen LogP contribution in [0.15, 0.2) is 35.8 Å². The smallest absolute Gasteiger partial charge is 0.191 e. The molecule has 0 aromatic heterocycles. The highest BCUT2D eigenvalue weighted by Gasteiger charge is 1.99. The molecular weight excluding hydrogens is 222 g/mol. The Labute approximate surface area is 110 Å². The molecule has 0 spiro atoms. The molecule has 0 radical (unpaired) electrons. The minimum Gasteiger partial charge on any atom is -0.357 e. The van der Waals surface area contributed by atoms with E-state index in [1.807, 2.05) is 6.08 Å². The lowest BCUT2D eigenvalue weighted by atomic mass is 10.1. The van der Waals surface area contributed by atoms with Crippen LogP contribution in [0.1, 0.15) is 23.6 Å². The van der Waals surface area contributed by atoms with Crippen LogP contribution in [-0.4, -0.2) is 19.0 Å². The molecule has 3 nitrogen and oxygen atoms in total. The molecule has 0 bridgehead atoms. The van der Waals surface area contributed by atoms with E-state index >= 15 is 0 Å². The summed E-state index contributed by atoms with van der Waals surface area (Å²) in [5, 5.41) is 6.40. The maximum Gasteiger partial charge on any atom is 0.191 e. The van der Waals surface area contributed by atoms with Crippen molar-refractivity contribution in [2.75, 3.05) is 13.1 Å². The van der Waals surface area contributed by atoms with Crippen LogP contribution in [0, 0.1) is 13.8 Å². The fourth-order valence-corrected chi connectivity index (χ4v) is 1.70. The van der Waals surface area contributed by atoms with Gasteiger partial charge in [-0.25, -0.2) is 4.99 Å². The first-order valence-corrected chi connectivity index (χ1v) is 6.36. The van der Waals surface area contributed by atoms with Gasteiger partial charge >= 0.3 is 0 Å². The monoisotopic (exact) mass is 245 g/mol. The van der Waals surface area contributed by atoms with Gasteiger partial charge in [-0.1, -0.05) is 29.8 Å². The molecule has 0 atom stereocenters. The fraction of sp³-hybridized carbons (Fsp3) is 0.400. The molecule has 1 aromatic rings. The van der Waals surface area contributed by atoms with Gasteiger partial charge in [0.15, 0.2) is 5.96 Å². The maximum atomic E-state index is 4.56. The first-order valence-electron chi connectivity index (χ1n) is 6.36. The average Bonchev–Trinajstić information content (AvgIpc) is 2.34. The molecule has 0 unspecified atom stereocenters. The van der Waals surface area contributed by atoms with Crippen molar-refractivity contribution < 1.29 is 0 Å². The van der Waals surface area contributed by atoms with Crippen molar-refractivity contribution in [2.45, 2.75) is 27.3 Å². The summed E-state index contributed by atoms with van der Waals surface area (Å²) in [5.41, 5.74) is 3.84. The second kappa shape index (κ2) is 7.54. The summed E-state index contributed by atoms with van der Waals surface area (Å²) in [4.78, 5) is 4.56.